The first-order chi connectivity index (χ1) is 8.91. The van der Waals surface area contributed by atoms with Crippen LogP contribution in [0.15, 0.2) is 0 Å². The van der Waals surface area contributed by atoms with Crippen molar-refractivity contribution in [2.24, 2.45) is 0 Å². The Morgan fingerprint density at radius 1 is 1.32 bits per heavy atom. The molecular weight excluding hydrogens is 242 g/mol. The molecule has 1 aromatic heterocycles. The molecule has 0 aromatic carbocycles. The number of anilines is 1. The smallest absolute Gasteiger partial charge is 0.227 e. The van der Waals surface area contributed by atoms with Crippen LogP contribution in [-0.2, 0) is 4.79 Å². The number of H-pyrrole nitrogens is 1. The van der Waals surface area contributed by atoms with Crippen molar-refractivity contribution >= 4 is 11.6 Å². The van der Waals surface area contributed by atoms with Crippen molar-refractivity contribution in [3.05, 3.63) is 11.4 Å². The lowest BCUT2D eigenvalue weighted by molar-refractivity contribution is -0.121. The summed E-state index contributed by atoms with van der Waals surface area (Å²) in [4.78, 5) is 12.1. The van der Waals surface area contributed by atoms with E-state index < -0.39 is 5.60 Å². The maximum atomic E-state index is 12.1. The molecule has 0 saturated heterocycles. The van der Waals surface area contributed by atoms with E-state index >= 15 is 0 Å². The number of aryl methyl sites for hydroxylation is 2. The zero-order valence-electron chi connectivity index (χ0n) is 12.3. The predicted molar refractivity (Wildman–Crippen MR) is 76.1 cm³/mol. The van der Waals surface area contributed by atoms with E-state index in [2.05, 4.69) is 15.5 Å². The normalized spacial score (nSPS) is 11.6. The first-order valence-electron chi connectivity index (χ1n) is 6.95. The Hall–Kier alpha value is -1.36. The zero-order valence-corrected chi connectivity index (χ0v) is 12.3. The van der Waals surface area contributed by atoms with Gasteiger partial charge in [-0.1, -0.05) is 26.7 Å². The molecule has 5 heteroatoms. The number of hydrogen-bond donors (Lipinski definition) is 3. The first-order valence-corrected chi connectivity index (χ1v) is 6.95. The highest BCUT2D eigenvalue weighted by Gasteiger charge is 2.28. The topological polar surface area (TPSA) is 78.0 Å². The van der Waals surface area contributed by atoms with Crippen LogP contribution in [0.1, 0.15) is 57.3 Å². The lowest BCUT2D eigenvalue weighted by Gasteiger charge is -2.26. The quantitative estimate of drug-likeness (QED) is 0.710. The second kappa shape index (κ2) is 6.70. The molecule has 0 saturated carbocycles. The van der Waals surface area contributed by atoms with Crippen LogP contribution >= 0.6 is 0 Å². The molecule has 0 aliphatic rings. The second-order valence-corrected chi connectivity index (χ2v) is 5.26. The molecule has 0 spiro atoms. The molecule has 0 fully saturated rings. The summed E-state index contributed by atoms with van der Waals surface area (Å²) in [6, 6.07) is 0. The Bertz CT molecular complexity index is 401. The van der Waals surface area contributed by atoms with E-state index in [1.54, 1.807) is 0 Å². The number of nitrogens with one attached hydrogen (secondary N) is 2. The highest BCUT2D eigenvalue weighted by atomic mass is 16.3. The van der Waals surface area contributed by atoms with Crippen molar-refractivity contribution in [1.29, 1.82) is 0 Å². The molecule has 0 aliphatic carbocycles. The number of rotatable bonds is 7. The molecule has 1 heterocycles. The SMILES string of the molecule is CCCC(O)(CCC)CC(=O)Nc1c(C)n[nH]c1C. The van der Waals surface area contributed by atoms with Gasteiger partial charge < -0.3 is 10.4 Å². The van der Waals surface area contributed by atoms with Gasteiger partial charge in [0.15, 0.2) is 0 Å². The van der Waals surface area contributed by atoms with Gasteiger partial charge in [0.2, 0.25) is 5.91 Å². The molecular formula is C14H25N3O2. The predicted octanol–water partition coefficient (Wildman–Crippen LogP) is 2.69. The van der Waals surface area contributed by atoms with Crippen molar-refractivity contribution in [2.45, 2.75) is 65.4 Å². The molecule has 1 aromatic rings. The highest BCUT2D eigenvalue weighted by Crippen LogP contribution is 2.25. The number of carbonyl (C=O) groups is 1. The van der Waals surface area contributed by atoms with Gasteiger partial charge in [-0.15, -0.1) is 0 Å². The molecule has 108 valence electrons. The second-order valence-electron chi connectivity index (χ2n) is 5.26. The Morgan fingerprint density at radius 2 is 1.89 bits per heavy atom. The number of amides is 1. The van der Waals surface area contributed by atoms with E-state index in [1.165, 1.54) is 0 Å². The van der Waals surface area contributed by atoms with Crippen LogP contribution in [0.25, 0.3) is 0 Å². The molecule has 0 unspecified atom stereocenters. The number of aliphatic hydroxyl groups is 1. The van der Waals surface area contributed by atoms with Crippen LogP contribution in [0.4, 0.5) is 5.69 Å². The Morgan fingerprint density at radius 3 is 2.32 bits per heavy atom. The van der Waals surface area contributed by atoms with Crippen molar-refractivity contribution < 1.29 is 9.90 Å². The van der Waals surface area contributed by atoms with Gasteiger partial charge >= 0.3 is 0 Å². The molecule has 0 aliphatic heterocycles. The minimum atomic E-state index is -0.890. The molecule has 1 amide bonds. The maximum absolute atomic E-state index is 12.1. The summed E-state index contributed by atoms with van der Waals surface area (Å²) in [6.07, 6.45) is 3.18. The molecule has 0 radical (unpaired) electrons. The number of aromatic nitrogens is 2. The van der Waals surface area contributed by atoms with Gasteiger partial charge in [-0.25, -0.2) is 0 Å². The molecule has 1 rings (SSSR count). The van der Waals surface area contributed by atoms with Gasteiger partial charge in [0.1, 0.15) is 0 Å². The Labute approximate surface area is 114 Å². The molecule has 0 bridgehead atoms. The molecule has 0 atom stereocenters. The van der Waals surface area contributed by atoms with Gasteiger partial charge in [-0.3, -0.25) is 9.89 Å². The summed E-state index contributed by atoms with van der Waals surface area (Å²) >= 11 is 0. The van der Waals surface area contributed by atoms with Crippen molar-refractivity contribution in [3.8, 4) is 0 Å². The van der Waals surface area contributed by atoms with E-state index in [9.17, 15) is 9.90 Å². The van der Waals surface area contributed by atoms with E-state index in [-0.39, 0.29) is 12.3 Å². The summed E-state index contributed by atoms with van der Waals surface area (Å²) in [5.74, 6) is -0.156. The third kappa shape index (κ3) is 4.35. The Kier molecular flexibility index (Phi) is 5.54. The highest BCUT2D eigenvalue weighted by molar-refractivity contribution is 5.92. The lowest BCUT2D eigenvalue weighted by Crippen LogP contribution is -2.34. The minimum Gasteiger partial charge on any atom is -0.389 e. The van der Waals surface area contributed by atoms with Gasteiger partial charge in [-0.05, 0) is 26.7 Å². The molecule has 3 N–H and O–H groups in total. The average molecular weight is 267 g/mol. The number of nitrogens with zero attached hydrogens (tertiary/aromatic N) is 1. The summed E-state index contributed by atoms with van der Waals surface area (Å²) in [5, 5.41) is 20.2. The monoisotopic (exact) mass is 267 g/mol. The third-order valence-corrected chi connectivity index (χ3v) is 3.31. The van der Waals surface area contributed by atoms with Gasteiger partial charge in [0.05, 0.1) is 29.1 Å². The van der Waals surface area contributed by atoms with Crippen molar-refractivity contribution in [2.75, 3.05) is 5.32 Å². The standard InChI is InChI=1S/C14H25N3O2/c1-5-7-14(19,8-6-2)9-12(18)15-13-10(3)16-17-11(13)4/h19H,5-9H2,1-4H3,(H,15,18)(H,16,17). The van der Waals surface area contributed by atoms with Crippen LogP contribution in [-0.4, -0.2) is 26.8 Å². The van der Waals surface area contributed by atoms with Crippen LogP contribution in [0, 0.1) is 13.8 Å². The largest absolute Gasteiger partial charge is 0.389 e. The fourth-order valence-electron chi connectivity index (χ4n) is 2.45. The zero-order chi connectivity index (χ0) is 14.5. The summed E-state index contributed by atoms with van der Waals surface area (Å²) in [5.41, 5.74) is 1.43. The van der Waals surface area contributed by atoms with E-state index in [0.29, 0.717) is 12.8 Å². The van der Waals surface area contributed by atoms with Crippen molar-refractivity contribution in [1.82, 2.24) is 10.2 Å². The average Bonchev–Trinajstić information content (AvgIpc) is 2.61. The van der Waals surface area contributed by atoms with E-state index in [1.807, 2.05) is 27.7 Å². The van der Waals surface area contributed by atoms with Crippen LogP contribution in [0.5, 0.6) is 0 Å². The van der Waals surface area contributed by atoms with Gasteiger partial charge in [-0.2, -0.15) is 5.10 Å². The van der Waals surface area contributed by atoms with Crippen molar-refractivity contribution in [3.63, 3.8) is 0 Å². The number of carbonyl (C=O) groups excluding carboxylic acids is 1. The maximum Gasteiger partial charge on any atom is 0.227 e. The number of aromatic amines is 1. The van der Waals surface area contributed by atoms with Gasteiger partial charge in [0.25, 0.3) is 0 Å². The number of hydrogen-bond acceptors (Lipinski definition) is 3. The fourth-order valence-corrected chi connectivity index (χ4v) is 2.45. The first kappa shape index (κ1) is 15.7. The third-order valence-electron chi connectivity index (χ3n) is 3.31. The van der Waals surface area contributed by atoms with Gasteiger partial charge in [0, 0.05) is 0 Å². The van der Waals surface area contributed by atoms with E-state index in [0.717, 1.165) is 29.9 Å². The fraction of sp³-hybridized carbons (Fsp3) is 0.714. The Balaban J connectivity index is 2.68. The summed E-state index contributed by atoms with van der Waals surface area (Å²) in [7, 11) is 0. The minimum absolute atomic E-state index is 0.138. The molecule has 19 heavy (non-hydrogen) atoms. The summed E-state index contributed by atoms with van der Waals surface area (Å²) < 4.78 is 0. The summed E-state index contributed by atoms with van der Waals surface area (Å²) in [6.45, 7) is 7.73. The van der Waals surface area contributed by atoms with E-state index in [4.69, 9.17) is 0 Å². The lowest BCUT2D eigenvalue weighted by atomic mass is 9.89. The molecule has 5 nitrogen and oxygen atoms in total. The van der Waals surface area contributed by atoms with Crippen LogP contribution in [0.2, 0.25) is 0 Å². The van der Waals surface area contributed by atoms with Crippen LogP contribution in [0.3, 0.4) is 0 Å². The van der Waals surface area contributed by atoms with Crippen LogP contribution < -0.4 is 5.32 Å².